The minimum absolute atomic E-state index is 0.152. The summed E-state index contributed by atoms with van der Waals surface area (Å²) in [7, 11) is 2.08. The largest absolute Gasteiger partial charge is 0.475 e. The molecule has 2 aliphatic rings. The molecule has 1 atom stereocenters. The lowest BCUT2D eigenvalue weighted by Gasteiger charge is -2.29. The normalized spacial score (nSPS) is 22.6. The van der Waals surface area contributed by atoms with E-state index in [0.29, 0.717) is 13.1 Å². The molecular weight excluding hydrogens is 256 g/mol. The van der Waals surface area contributed by atoms with Crippen LogP contribution >= 0.6 is 0 Å². The summed E-state index contributed by atoms with van der Waals surface area (Å²) in [6.45, 7) is 2.08. The Bertz CT molecular complexity index is 518. The number of nitrogens with zero attached hydrogens (tertiary/aromatic N) is 2. The van der Waals surface area contributed by atoms with Gasteiger partial charge in [-0.1, -0.05) is 12.1 Å². The van der Waals surface area contributed by atoms with E-state index >= 15 is 0 Å². The van der Waals surface area contributed by atoms with Crippen molar-refractivity contribution in [2.24, 2.45) is 0 Å². The number of carboxylic acid groups (broad SMARTS) is 1. The third kappa shape index (κ3) is 2.45. The molecule has 0 aromatic heterocycles. The summed E-state index contributed by atoms with van der Waals surface area (Å²) in [6, 6.07) is 5.95. The molecule has 1 aromatic rings. The number of ether oxygens (including phenoxy) is 1. The second kappa shape index (κ2) is 5.32. The van der Waals surface area contributed by atoms with Gasteiger partial charge in [-0.3, -0.25) is 4.90 Å². The van der Waals surface area contributed by atoms with Crippen LogP contribution in [0.2, 0.25) is 0 Å². The topological polar surface area (TPSA) is 53.0 Å². The molecule has 1 amide bonds. The first-order valence-electron chi connectivity index (χ1n) is 7.10. The Hall–Kier alpha value is -1.75. The van der Waals surface area contributed by atoms with Crippen LogP contribution in [0.15, 0.2) is 18.2 Å². The predicted molar refractivity (Wildman–Crippen MR) is 74.9 cm³/mol. The van der Waals surface area contributed by atoms with Crippen LogP contribution in [0.5, 0.6) is 5.75 Å². The van der Waals surface area contributed by atoms with E-state index in [1.165, 1.54) is 16.9 Å². The molecule has 20 heavy (non-hydrogen) atoms. The summed E-state index contributed by atoms with van der Waals surface area (Å²) in [5.74, 6) is 0.922. The molecule has 5 nitrogen and oxygen atoms in total. The average Bonchev–Trinajstić information content (AvgIpc) is 2.84. The lowest BCUT2D eigenvalue weighted by atomic mass is 9.99. The van der Waals surface area contributed by atoms with Crippen LogP contribution in [0.3, 0.4) is 0 Å². The van der Waals surface area contributed by atoms with Crippen molar-refractivity contribution in [3.63, 3.8) is 0 Å². The molecule has 2 aliphatic heterocycles. The Morgan fingerprint density at radius 3 is 2.95 bits per heavy atom. The zero-order chi connectivity index (χ0) is 14.1. The number of fused-ring (bicyclic) bond motifs is 1. The van der Waals surface area contributed by atoms with Crippen molar-refractivity contribution in [2.75, 3.05) is 20.1 Å². The molecule has 0 spiro atoms. The van der Waals surface area contributed by atoms with Crippen LogP contribution in [-0.4, -0.2) is 47.4 Å². The smallest absolute Gasteiger partial charge is 0.407 e. The lowest BCUT2D eigenvalue weighted by Crippen LogP contribution is -2.35. The third-order valence-electron chi connectivity index (χ3n) is 4.21. The maximum atomic E-state index is 11.1. The maximum absolute atomic E-state index is 11.1. The maximum Gasteiger partial charge on any atom is 0.407 e. The SMILES string of the molecule is CN1CCCC1Oc1cccc2c1CCN(C(=O)O)C2. The predicted octanol–water partition coefficient (Wildman–Crippen LogP) is 2.15. The molecule has 1 N–H and O–H groups in total. The van der Waals surface area contributed by atoms with Gasteiger partial charge in [0.05, 0.1) is 0 Å². The highest BCUT2D eigenvalue weighted by Gasteiger charge is 2.26. The number of carbonyl (C=O) groups is 1. The van der Waals surface area contributed by atoms with Crippen molar-refractivity contribution in [3.8, 4) is 5.75 Å². The number of hydrogen-bond donors (Lipinski definition) is 1. The molecular formula is C15H20N2O3. The highest BCUT2D eigenvalue weighted by Crippen LogP contribution is 2.30. The number of hydrogen-bond acceptors (Lipinski definition) is 3. The van der Waals surface area contributed by atoms with E-state index in [1.54, 1.807) is 0 Å². The second-order valence-electron chi connectivity index (χ2n) is 5.54. The first kappa shape index (κ1) is 13.2. The standard InChI is InChI=1S/C15H20N2O3/c1-16-8-3-6-14(16)20-13-5-2-4-11-10-17(15(18)19)9-7-12(11)13/h2,4-5,14H,3,6-10H2,1H3,(H,18,19). The summed E-state index contributed by atoms with van der Waals surface area (Å²) in [5, 5.41) is 9.09. The van der Waals surface area contributed by atoms with E-state index in [9.17, 15) is 4.79 Å². The van der Waals surface area contributed by atoms with Crippen molar-refractivity contribution in [1.82, 2.24) is 9.80 Å². The fraction of sp³-hybridized carbons (Fsp3) is 0.533. The second-order valence-corrected chi connectivity index (χ2v) is 5.54. The molecule has 3 rings (SSSR count). The van der Waals surface area contributed by atoms with Crippen LogP contribution in [0.4, 0.5) is 4.79 Å². The van der Waals surface area contributed by atoms with Gasteiger partial charge in [0.2, 0.25) is 0 Å². The van der Waals surface area contributed by atoms with Crippen LogP contribution in [0.25, 0.3) is 0 Å². The quantitative estimate of drug-likeness (QED) is 0.899. The van der Waals surface area contributed by atoms with Crippen LogP contribution in [0, 0.1) is 0 Å². The molecule has 1 unspecified atom stereocenters. The molecule has 0 bridgehead atoms. The van der Waals surface area contributed by atoms with E-state index in [-0.39, 0.29) is 6.23 Å². The van der Waals surface area contributed by atoms with Crippen molar-refractivity contribution in [3.05, 3.63) is 29.3 Å². The number of benzene rings is 1. The van der Waals surface area contributed by atoms with Gasteiger partial charge in [-0.15, -0.1) is 0 Å². The average molecular weight is 276 g/mol. The first-order chi connectivity index (χ1) is 9.65. The van der Waals surface area contributed by atoms with Gasteiger partial charge in [0.25, 0.3) is 0 Å². The Morgan fingerprint density at radius 2 is 2.25 bits per heavy atom. The van der Waals surface area contributed by atoms with Gasteiger partial charge in [-0.25, -0.2) is 4.79 Å². The minimum atomic E-state index is -0.850. The van der Waals surface area contributed by atoms with Crippen LogP contribution in [-0.2, 0) is 13.0 Å². The van der Waals surface area contributed by atoms with Gasteiger partial charge in [0, 0.05) is 25.2 Å². The third-order valence-corrected chi connectivity index (χ3v) is 4.21. The molecule has 108 valence electrons. The molecule has 0 radical (unpaired) electrons. The fourth-order valence-electron chi connectivity index (χ4n) is 3.02. The highest BCUT2D eigenvalue weighted by molar-refractivity contribution is 5.65. The summed E-state index contributed by atoms with van der Waals surface area (Å²) in [5.41, 5.74) is 2.24. The van der Waals surface area contributed by atoms with Crippen molar-refractivity contribution < 1.29 is 14.6 Å². The number of likely N-dealkylation sites (tertiary alicyclic amines) is 1. The van der Waals surface area contributed by atoms with Crippen molar-refractivity contribution in [1.29, 1.82) is 0 Å². The van der Waals surface area contributed by atoms with Crippen molar-refractivity contribution >= 4 is 6.09 Å². The zero-order valence-electron chi connectivity index (χ0n) is 11.7. The van der Waals surface area contributed by atoms with Crippen molar-refractivity contribution in [2.45, 2.75) is 32.0 Å². The Kier molecular flexibility index (Phi) is 3.53. The highest BCUT2D eigenvalue weighted by atomic mass is 16.5. The van der Waals surface area contributed by atoms with E-state index in [0.717, 1.165) is 30.7 Å². The van der Waals surface area contributed by atoms with Gasteiger partial charge in [-0.2, -0.15) is 0 Å². The molecule has 1 saturated heterocycles. The van der Waals surface area contributed by atoms with Gasteiger partial charge < -0.3 is 14.7 Å². The van der Waals surface area contributed by atoms with Gasteiger partial charge in [-0.05, 0) is 37.9 Å². The van der Waals surface area contributed by atoms with E-state index in [1.807, 2.05) is 18.2 Å². The van der Waals surface area contributed by atoms with Gasteiger partial charge >= 0.3 is 6.09 Å². The lowest BCUT2D eigenvalue weighted by molar-refractivity contribution is 0.0792. The molecule has 2 heterocycles. The monoisotopic (exact) mass is 276 g/mol. The summed E-state index contributed by atoms with van der Waals surface area (Å²) in [6.07, 6.45) is 2.26. The minimum Gasteiger partial charge on any atom is -0.475 e. The number of amides is 1. The molecule has 0 aliphatic carbocycles. The first-order valence-corrected chi connectivity index (χ1v) is 7.10. The van der Waals surface area contributed by atoms with Crippen LogP contribution in [0.1, 0.15) is 24.0 Å². The summed E-state index contributed by atoms with van der Waals surface area (Å²) < 4.78 is 6.14. The zero-order valence-corrected chi connectivity index (χ0v) is 11.7. The summed E-state index contributed by atoms with van der Waals surface area (Å²) >= 11 is 0. The molecule has 5 heteroatoms. The van der Waals surface area contributed by atoms with E-state index < -0.39 is 6.09 Å². The van der Waals surface area contributed by atoms with Gasteiger partial charge in [0.1, 0.15) is 5.75 Å². The molecule has 0 saturated carbocycles. The fourth-order valence-corrected chi connectivity index (χ4v) is 3.02. The molecule has 1 fully saturated rings. The Morgan fingerprint density at radius 1 is 1.40 bits per heavy atom. The Balaban J connectivity index is 1.80. The van der Waals surface area contributed by atoms with E-state index in [4.69, 9.17) is 9.84 Å². The summed E-state index contributed by atoms with van der Waals surface area (Å²) in [4.78, 5) is 14.7. The van der Waals surface area contributed by atoms with Gasteiger partial charge in [0.15, 0.2) is 6.23 Å². The van der Waals surface area contributed by atoms with E-state index in [2.05, 4.69) is 11.9 Å². The van der Waals surface area contributed by atoms with Crippen LogP contribution < -0.4 is 4.74 Å². The molecule has 1 aromatic carbocycles. The Labute approximate surface area is 118 Å². The number of rotatable bonds is 2.